The molecule has 6 rings (SSSR count). The van der Waals surface area contributed by atoms with Gasteiger partial charge in [-0.1, -0.05) is 60.7 Å². The van der Waals surface area contributed by atoms with Gasteiger partial charge in [-0.15, -0.1) is 0 Å². The largest absolute Gasteiger partial charge is 0.489 e. The fourth-order valence-electron chi connectivity index (χ4n) is 4.18. The number of hydrogen-bond donors (Lipinski definition) is 1. The van der Waals surface area contributed by atoms with Crippen LogP contribution >= 0.6 is 0 Å². The highest BCUT2D eigenvalue weighted by Crippen LogP contribution is 2.24. The summed E-state index contributed by atoms with van der Waals surface area (Å²) in [5.74, 6) is 1.99. The molecule has 1 N–H and O–H groups in total. The van der Waals surface area contributed by atoms with Crippen LogP contribution in [0.5, 0.6) is 34.8 Å². The van der Waals surface area contributed by atoms with Gasteiger partial charge in [-0.3, -0.25) is 0 Å². The number of esters is 1. The van der Waals surface area contributed by atoms with E-state index in [-0.39, 0.29) is 5.56 Å². The molecule has 246 valence electrons. The summed E-state index contributed by atoms with van der Waals surface area (Å²) in [6, 6.07) is 40.5. The predicted molar refractivity (Wildman–Crippen MR) is 181 cm³/mol. The first-order chi connectivity index (χ1) is 23.9. The van der Waals surface area contributed by atoms with Gasteiger partial charge in [-0.25, -0.2) is 19.6 Å². The topological polar surface area (TPSA) is 126 Å². The molecule has 0 spiro atoms. The minimum Gasteiger partial charge on any atom is -0.489 e. The molecule has 0 aliphatic rings. The molecular formula is C39H32N2O8. The normalized spacial score (nSPS) is 10.1. The zero-order valence-corrected chi connectivity index (χ0v) is 26.5. The van der Waals surface area contributed by atoms with Gasteiger partial charge in [-0.2, -0.15) is 0 Å². The summed E-state index contributed by atoms with van der Waals surface area (Å²) < 4.78 is 27.3. The second-order valence-corrected chi connectivity index (χ2v) is 10.3. The van der Waals surface area contributed by atoms with E-state index in [0.29, 0.717) is 42.0 Å². The maximum Gasteiger partial charge on any atom is 0.339 e. The van der Waals surface area contributed by atoms with E-state index in [1.807, 2.05) is 84.9 Å². The fraction of sp³-hybridized carbons (Fsp3) is 0.0769. The molecule has 49 heavy (non-hydrogen) atoms. The molecule has 6 aromatic rings. The average molecular weight is 657 g/mol. The maximum atomic E-state index is 11.4. The lowest BCUT2D eigenvalue weighted by molar-refractivity contribution is 0.0599. The monoisotopic (exact) mass is 656 g/mol. The highest BCUT2D eigenvalue weighted by atomic mass is 16.5. The summed E-state index contributed by atoms with van der Waals surface area (Å²) in [6.45, 7) is 1.01. The first-order valence-electron chi connectivity index (χ1n) is 15.1. The van der Waals surface area contributed by atoms with Crippen LogP contribution in [0.15, 0.2) is 146 Å². The van der Waals surface area contributed by atoms with E-state index in [4.69, 9.17) is 24.1 Å². The van der Waals surface area contributed by atoms with Crippen LogP contribution in [0.1, 0.15) is 31.8 Å². The van der Waals surface area contributed by atoms with Gasteiger partial charge in [-0.05, 0) is 71.8 Å². The lowest BCUT2D eigenvalue weighted by atomic mass is 10.2. The average Bonchev–Trinajstić information content (AvgIpc) is 3.15. The number of aromatic carboxylic acids is 1. The fourth-order valence-corrected chi connectivity index (χ4v) is 4.18. The van der Waals surface area contributed by atoms with Crippen molar-refractivity contribution in [1.82, 2.24) is 9.97 Å². The van der Waals surface area contributed by atoms with Crippen molar-refractivity contribution in [3.63, 3.8) is 0 Å². The number of carboxylic acid groups (broad SMARTS) is 1. The quantitative estimate of drug-likeness (QED) is 0.128. The Labute approximate surface area is 283 Å². The molecule has 0 saturated carbocycles. The Hall–Kier alpha value is -6.68. The highest BCUT2D eigenvalue weighted by Gasteiger charge is 2.07. The summed E-state index contributed by atoms with van der Waals surface area (Å²) >= 11 is 0. The summed E-state index contributed by atoms with van der Waals surface area (Å²) in [5, 5.41) is 8.83. The third kappa shape index (κ3) is 10.7. The van der Waals surface area contributed by atoms with Gasteiger partial charge in [0.05, 0.1) is 18.2 Å². The molecular weight excluding hydrogens is 624 g/mol. The van der Waals surface area contributed by atoms with Crippen LogP contribution in [0.25, 0.3) is 0 Å². The van der Waals surface area contributed by atoms with E-state index >= 15 is 0 Å². The number of pyridine rings is 2. The van der Waals surface area contributed by atoms with Gasteiger partial charge in [0.15, 0.2) is 0 Å². The van der Waals surface area contributed by atoms with E-state index < -0.39 is 11.9 Å². The van der Waals surface area contributed by atoms with Crippen LogP contribution < -0.4 is 18.9 Å². The third-order valence-electron chi connectivity index (χ3n) is 6.73. The molecule has 4 aromatic carbocycles. The molecule has 0 bridgehead atoms. The summed E-state index contributed by atoms with van der Waals surface area (Å²) in [7, 11) is 1.33. The number of aromatic nitrogens is 2. The zero-order valence-electron chi connectivity index (χ0n) is 26.5. The van der Waals surface area contributed by atoms with Crippen molar-refractivity contribution in [2.45, 2.75) is 13.2 Å². The van der Waals surface area contributed by atoms with Crippen molar-refractivity contribution < 1.29 is 38.4 Å². The lowest BCUT2D eigenvalue weighted by Crippen LogP contribution is -2.01. The highest BCUT2D eigenvalue weighted by molar-refractivity contribution is 5.89. The number of carbonyl (C=O) groups is 2. The second-order valence-electron chi connectivity index (χ2n) is 10.3. The van der Waals surface area contributed by atoms with Gasteiger partial charge in [0.2, 0.25) is 11.8 Å². The molecule has 2 aromatic heterocycles. The van der Waals surface area contributed by atoms with Crippen molar-refractivity contribution in [2.24, 2.45) is 0 Å². The minimum absolute atomic E-state index is 0.118. The van der Waals surface area contributed by atoms with Crippen LogP contribution in [0.3, 0.4) is 0 Å². The molecule has 0 aliphatic heterocycles. The van der Waals surface area contributed by atoms with Crippen molar-refractivity contribution in [2.75, 3.05) is 7.11 Å². The Morgan fingerprint density at radius 3 is 1.31 bits per heavy atom. The van der Waals surface area contributed by atoms with Crippen LogP contribution in [-0.4, -0.2) is 34.1 Å². The van der Waals surface area contributed by atoms with Crippen molar-refractivity contribution in [3.05, 3.63) is 168 Å². The van der Waals surface area contributed by atoms with E-state index in [9.17, 15) is 9.59 Å². The van der Waals surface area contributed by atoms with Crippen molar-refractivity contribution >= 4 is 11.9 Å². The standard InChI is InChI=1S/C20H17NO4.C19H15NO4/c1-23-20(22)16-7-12-19(21-13-16)25-18-10-8-17(9-11-18)24-14-15-5-3-2-4-6-15;21-19(22)15-6-11-18(20-12-15)24-17-9-7-16(8-10-17)23-13-14-4-2-1-3-5-14/h2-13H,14H2,1H3;1-12H,13H2,(H,21,22). The Balaban J connectivity index is 0.000000191. The number of ether oxygens (including phenoxy) is 5. The molecule has 0 fully saturated rings. The maximum absolute atomic E-state index is 11.4. The number of rotatable bonds is 12. The minimum atomic E-state index is -1.02. The van der Waals surface area contributed by atoms with Crippen LogP contribution in [0.4, 0.5) is 0 Å². The van der Waals surface area contributed by atoms with Crippen LogP contribution in [-0.2, 0) is 18.0 Å². The molecule has 0 radical (unpaired) electrons. The number of methoxy groups -OCH3 is 1. The number of benzene rings is 4. The van der Waals surface area contributed by atoms with Gasteiger partial charge < -0.3 is 28.8 Å². The van der Waals surface area contributed by atoms with Crippen LogP contribution in [0.2, 0.25) is 0 Å². The lowest BCUT2D eigenvalue weighted by Gasteiger charge is -2.08. The zero-order chi connectivity index (χ0) is 34.3. The first kappa shape index (κ1) is 33.7. The molecule has 0 amide bonds. The van der Waals surface area contributed by atoms with Gasteiger partial charge in [0.25, 0.3) is 0 Å². The van der Waals surface area contributed by atoms with Gasteiger partial charge in [0.1, 0.15) is 36.2 Å². The molecule has 10 heteroatoms. The van der Waals surface area contributed by atoms with Crippen molar-refractivity contribution in [1.29, 1.82) is 0 Å². The Kier molecular flexibility index (Phi) is 11.9. The van der Waals surface area contributed by atoms with Crippen molar-refractivity contribution in [3.8, 4) is 34.8 Å². The summed E-state index contributed by atoms with van der Waals surface area (Å²) in [6.07, 6.45) is 2.67. The van der Waals surface area contributed by atoms with Gasteiger partial charge >= 0.3 is 11.9 Å². The smallest absolute Gasteiger partial charge is 0.339 e. The molecule has 0 atom stereocenters. The molecule has 10 nitrogen and oxygen atoms in total. The number of hydrogen-bond acceptors (Lipinski definition) is 9. The Morgan fingerprint density at radius 1 is 0.531 bits per heavy atom. The SMILES string of the molecule is COC(=O)c1ccc(Oc2ccc(OCc3ccccc3)cc2)nc1.O=C(O)c1ccc(Oc2ccc(OCc3ccccc3)cc2)nc1. The Bertz CT molecular complexity index is 1900. The summed E-state index contributed by atoms with van der Waals surface area (Å²) in [5.41, 5.74) is 2.70. The second kappa shape index (κ2) is 17.3. The van der Waals surface area contributed by atoms with E-state index in [0.717, 1.165) is 22.6 Å². The predicted octanol–water partition coefficient (Wildman–Crippen LogP) is 8.39. The number of nitrogens with zero attached hydrogens (tertiary/aromatic N) is 2. The van der Waals surface area contributed by atoms with Crippen LogP contribution in [0, 0.1) is 0 Å². The Morgan fingerprint density at radius 2 is 0.939 bits per heavy atom. The van der Waals surface area contributed by atoms with E-state index in [2.05, 4.69) is 14.7 Å². The van der Waals surface area contributed by atoms with E-state index in [1.54, 1.807) is 36.4 Å². The third-order valence-corrected chi connectivity index (χ3v) is 6.73. The summed E-state index contributed by atoms with van der Waals surface area (Å²) in [4.78, 5) is 30.2. The molecule has 0 saturated heterocycles. The molecule has 2 heterocycles. The first-order valence-corrected chi connectivity index (χ1v) is 15.1. The number of carbonyl (C=O) groups excluding carboxylic acids is 1. The van der Waals surface area contributed by atoms with Gasteiger partial charge in [0, 0.05) is 24.5 Å². The molecule has 0 unspecified atom stereocenters. The number of carboxylic acids is 1. The van der Waals surface area contributed by atoms with E-state index in [1.165, 1.54) is 31.6 Å². The molecule has 0 aliphatic carbocycles.